The van der Waals surface area contributed by atoms with Crippen LogP contribution in [0.1, 0.15) is 16.7 Å². The maximum Gasteiger partial charge on any atom is 0.237 e. The second-order valence-electron chi connectivity index (χ2n) is 4.45. The molecule has 0 aliphatic heterocycles. The zero-order chi connectivity index (χ0) is 14.0. The summed E-state index contributed by atoms with van der Waals surface area (Å²) >= 11 is 0. The Bertz CT molecular complexity index is 611. The van der Waals surface area contributed by atoms with E-state index in [1.54, 1.807) is 13.3 Å². The molecule has 5 heteroatoms. The molecule has 0 saturated heterocycles. The molecule has 0 saturated carbocycles. The normalized spacial score (nSPS) is 10.4. The van der Waals surface area contributed by atoms with E-state index in [0.29, 0.717) is 5.95 Å². The fourth-order valence-electron chi connectivity index (χ4n) is 2.19. The molecule has 1 aromatic carbocycles. The highest BCUT2D eigenvalue weighted by atomic mass is 16.5. The average Bonchev–Trinajstić information content (AvgIpc) is 2.42. The Labute approximate surface area is 112 Å². The quantitative estimate of drug-likeness (QED) is 0.653. The van der Waals surface area contributed by atoms with E-state index >= 15 is 0 Å². The van der Waals surface area contributed by atoms with Crippen molar-refractivity contribution in [2.45, 2.75) is 20.8 Å². The number of methoxy groups -OCH3 is 1. The van der Waals surface area contributed by atoms with Crippen molar-refractivity contribution >= 4 is 5.95 Å². The summed E-state index contributed by atoms with van der Waals surface area (Å²) < 4.78 is 5.55. The van der Waals surface area contributed by atoms with Gasteiger partial charge in [0.2, 0.25) is 5.95 Å². The van der Waals surface area contributed by atoms with Crippen LogP contribution >= 0.6 is 0 Å². The van der Waals surface area contributed by atoms with E-state index in [1.807, 2.05) is 19.9 Å². The summed E-state index contributed by atoms with van der Waals surface area (Å²) in [6, 6.07) is 3.98. The number of ether oxygens (including phenoxy) is 1. The first-order valence-corrected chi connectivity index (χ1v) is 6.03. The number of hydrogen-bond acceptors (Lipinski definition) is 5. The van der Waals surface area contributed by atoms with Crippen LogP contribution in [0.3, 0.4) is 0 Å². The van der Waals surface area contributed by atoms with E-state index < -0.39 is 0 Å². The molecule has 3 N–H and O–H groups in total. The molecule has 2 rings (SSSR count). The molecule has 0 amide bonds. The van der Waals surface area contributed by atoms with Crippen LogP contribution in [0.15, 0.2) is 18.3 Å². The van der Waals surface area contributed by atoms with E-state index in [2.05, 4.69) is 28.4 Å². The Morgan fingerprint density at radius 1 is 1.21 bits per heavy atom. The predicted molar refractivity (Wildman–Crippen MR) is 76.0 cm³/mol. The molecule has 0 fully saturated rings. The van der Waals surface area contributed by atoms with Crippen molar-refractivity contribution in [2.24, 2.45) is 5.84 Å². The van der Waals surface area contributed by atoms with E-state index in [0.717, 1.165) is 28.1 Å². The van der Waals surface area contributed by atoms with E-state index in [9.17, 15) is 0 Å². The molecule has 1 heterocycles. The van der Waals surface area contributed by atoms with Crippen LogP contribution in [0.5, 0.6) is 5.75 Å². The summed E-state index contributed by atoms with van der Waals surface area (Å²) in [5.74, 6) is 6.59. The summed E-state index contributed by atoms with van der Waals surface area (Å²) in [7, 11) is 1.67. The first-order valence-electron chi connectivity index (χ1n) is 6.03. The Kier molecular flexibility index (Phi) is 3.66. The second kappa shape index (κ2) is 5.24. The number of nitrogens with two attached hydrogens (primary N) is 1. The van der Waals surface area contributed by atoms with Crippen LogP contribution < -0.4 is 16.0 Å². The molecule has 0 aliphatic rings. The highest BCUT2D eigenvalue weighted by molar-refractivity contribution is 5.74. The molecule has 0 bridgehead atoms. The predicted octanol–water partition coefficient (Wildman–Crippen LogP) is 2.36. The van der Waals surface area contributed by atoms with Crippen LogP contribution in [-0.4, -0.2) is 17.1 Å². The Morgan fingerprint density at radius 3 is 2.58 bits per heavy atom. The first kappa shape index (κ1) is 13.3. The minimum atomic E-state index is 0.386. The number of hydrogen-bond donors (Lipinski definition) is 2. The van der Waals surface area contributed by atoms with Gasteiger partial charge in [0.1, 0.15) is 5.75 Å². The molecule has 2 aromatic rings. The van der Waals surface area contributed by atoms with Gasteiger partial charge in [-0.15, -0.1) is 0 Å². The second-order valence-corrected chi connectivity index (χ2v) is 4.45. The van der Waals surface area contributed by atoms with Crippen molar-refractivity contribution < 1.29 is 4.74 Å². The van der Waals surface area contributed by atoms with Gasteiger partial charge in [0.15, 0.2) is 0 Å². The Hall–Kier alpha value is -2.14. The minimum Gasteiger partial charge on any atom is -0.496 e. The largest absolute Gasteiger partial charge is 0.496 e. The summed E-state index contributed by atoms with van der Waals surface area (Å²) in [5.41, 5.74) is 7.65. The molecule has 0 aliphatic carbocycles. The molecule has 0 radical (unpaired) electrons. The van der Waals surface area contributed by atoms with Crippen molar-refractivity contribution in [3.8, 4) is 17.0 Å². The van der Waals surface area contributed by atoms with Gasteiger partial charge in [-0.05, 0) is 43.5 Å². The summed E-state index contributed by atoms with van der Waals surface area (Å²) in [5, 5.41) is 0. The smallest absolute Gasteiger partial charge is 0.237 e. The lowest BCUT2D eigenvalue weighted by Gasteiger charge is -2.16. The maximum atomic E-state index is 5.55. The SMILES string of the molecule is COc1c(C)c(C)cc(C)c1-c1ccnc(NN)n1. The lowest BCUT2D eigenvalue weighted by Crippen LogP contribution is -2.10. The van der Waals surface area contributed by atoms with Gasteiger partial charge in [-0.25, -0.2) is 15.8 Å². The molecular weight excluding hydrogens is 240 g/mol. The van der Waals surface area contributed by atoms with Gasteiger partial charge in [0.05, 0.1) is 12.8 Å². The van der Waals surface area contributed by atoms with E-state index in [1.165, 1.54) is 5.56 Å². The lowest BCUT2D eigenvalue weighted by molar-refractivity contribution is 0.412. The van der Waals surface area contributed by atoms with Gasteiger partial charge in [-0.1, -0.05) is 6.07 Å². The third-order valence-corrected chi connectivity index (χ3v) is 3.23. The zero-order valence-corrected chi connectivity index (χ0v) is 11.6. The number of benzene rings is 1. The molecule has 19 heavy (non-hydrogen) atoms. The number of aryl methyl sites for hydroxylation is 2. The fraction of sp³-hybridized carbons (Fsp3) is 0.286. The molecule has 100 valence electrons. The number of anilines is 1. The first-order chi connectivity index (χ1) is 9.08. The number of nitrogens with zero attached hydrogens (tertiary/aromatic N) is 2. The molecule has 5 nitrogen and oxygen atoms in total. The molecule has 1 aromatic heterocycles. The number of rotatable bonds is 3. The van der Waals surface area contributed by atoms with Gasteiger partial charge in [-0.2, -0.15) is 0 Å². The number of nitrogens with one attached hydrogen (secondary N) is 1. The highest BCUT2D eigenvalue weighted by Crippen LogP contribution is 2.36. The number of hydrazine groups is 1. The molecular formula is C14H18N4O. The number of nitrogen functional groups attached to an aromatic ring is 1. The maximum absolute atomic E-state index is 5.55. The van der Waals surface area contributed by atoms with Crippen molar-refractivity contribution in [3.05, 3.63) is 35.0 Å². The van der Waals surface area contributed by atoms with Gasteiger partial charge in [0.25, 0.3) is 0 Å². The Balaban J connectivity index is 2.70. The lowest BCUT2D eigenvalue weighted by atomic mass is 9.97. The van der Waals surface area contributed by atoms with Crippen molar-refractivity contribution in [2.75, 3.05) is 12.5 Å². The zero-order valence-electron chi connectivity index (χ0n) is 11.6. The van der Waals surface area contributed by atoms with Crippen LogP contribution in [0, 0.1) is 20.8 Å². The molecule has 0 atom stereocenters. The van der Waals surface area contributed by atoms with Crippen LogP contribution in [0.25, 0.3) is 11.3 Å². The third-order valence-electron chi connectivity index (χ3n) is 3.23. The monoisotopic (exact) mass is 258 g/mol. The van der Waals surface area contributed by atoms with Crippen LogP contribution in [0.2, 0.25) is 0 Å². The van der Waals surface area contributed by atoms with Crippen molar-refractivity contribution in [1.82, 2.24) is 9.97 Å². The molecule has 0 unspecified atom stereocenters. The van der Waals surface area contributed by atoms with Crippen molar-refractivity contribution in [3.63, 3.8) is 0 Å². The van der Waals surface area contributed by atoms with Gasteiger partial charge in [-0.3, -0.25) is 5.43 Å². The van der Waals surface area contributed by atoms with Gasteiger partial charge in [0, 0.05) is 11.8 Å². The standard InChI is InChI=1S/C14H18N4O/c1-8-7-9(2)12(13(19-4)10(8)3)11-5-6-16-14(17-11)18-15/h5-7H,15H2,1-4H3,(H,16,17,18). The topological polar surface area (TPSA) is 73.1 Å². The van der Waals surface area contributed by atoms with Crippen molar-refractivity contribution in [1.29, 1.82) is 0 Å². The van der Waals surface area contributed by atoms with Gasteiger partial charge < -0.3 is 4.74 Å². The van der Waals surface area contributed by atoms with Crippen LogP contribution in [0.4, 0.5) is 5.95 Å². The average molecular weight is 258 g/mol. The summed E-state index contributed by atoms with van der Waals surface area (Å²) in [6.07, 6.45) is 1.67. The third kappa shape index (κ3) is 2.37. The Morgan fingerprint density at radius 2 is 1.95 bits per heavy atom. The summed E-state index contributed by atoms with van der Waals surface area (Å²) in [4.78, 5) is 8.39. The van der Waals surface area contributed by atoms with Crippen LogP contribution in [-0.2, 0) is 0 Å². The summed E-state index contributed by atoms with van der Waals surface area (Å²) in [6.45, 7) is 6.16. The van der Waals surface area contributed by atoms with E-state index in [-0.39, 0.29) is 0 Å². The fourth-order valence-corrected chi connectivity index (χ4v) is 2.19. The van der Waals surface area contributed by atoms with E-state index in [4.69, 9.17) is 10.6 Å². The highest BCUT2D eigenvalue weighted by Gasteiger charge is 2.15. The van der Waals surface area contributed by atoms with Gasteiger partial charge >= 0.3 is 0 Å². The molecule has 0 spiro atoms. The minimum absolute atomic E-state index is 0.386. The number of aromatic nitrogens is 2.